The summed E-state index contributed by atoms with van der Waals surface area (Å²) in [6, 6.07) is 19.8. The van der Waals surface area contributed by atoms with Gasteiger partial charge in [-0.05, 0) is 47.0 Å². The van der Waals surface area contributed by atoms with Crippen molar-refractivity contribution in [3.05, 3.63) is 100 Å². The zero-order valence-corrected chi connectivity index (χ0v) is 15.1. The Morgan fingerprint density at radius 2 is 1.62 bits per heavy atom. The van der Waals surface area contributed by atoms with Crippen LogP contribution in [0, 0.1) is 10.1 Å². The summed E-state index contributed by atoms with van der Waals surface area (Å²) in [5.41, 5.74) is 2.36. The minimum absolute atomic E-state index is 0.0261. The topological polar surface area (TPSA) is 110 Å². The second-order valence-corrected chi connectivity index (χ2v) is 6.10. The average molecular weight is 388 g/mol. The molecule has 0 aromatic heterocycles. The first kappa shape index (κ1) is 19.5. The molecule has 3 aromatic rings. The quantitative estimate of drug-likeness (QED) is 0.364. The van der Waals surface area contributed by atoms with E-state index in [0.29, 0.717) is 5.56 Å². The Labute approximate surface area is 166 Å². The van der Waals surface area contributed by atoms with Crippen molar-refractivity contribution in [2.45, 2.75) is 0 Å². The summed E-state index contributed by atoms with van der Waals surface area (Å²) in [5.74, 6) is -1.67. The van der Waals surface area contributed by atoms with E-state index in [1.54, 1.807) is 12.1 Å². The molecule has 0 atom stereocenters. The van der Waals surface area contributed by atoms with Crippen molar-refractivity contribution in [3.8, 4) is 11.1 Å². The van der Waals surface area contributed by atoms with Crippen molar-refractivity contribution >= 4 is 29.3 Å². The fraction of sp³-hybridized carbons (Fsp3) is 0. The zero-order valence-electron chi connectivity index (χ0n) is 15.1. The Bertz CT molecular complexity index is 1090. The third-order valence-corrected chi connectivity index (χ3v) is 4.15. The van der Waals surface area contributed by atoms with Crippen molar-refractivity contribution in [3.63, 3.8) is 0 Å². The molecule has 0 saturated heterocycles. The lowest BCUT2D eigenvalue weighted by atomic mass is 10.0. The lowest BCUT2D eigenvalue weighted by Gasteiger charge is -2.10. The molecule has 0 fully saturated rings. The first-order valence-corrected chi connectivity index (χ1v) is 8.60. The molecule has 3 aromatic carbocycles. The van der Waals surface area contributed by atoms with Crippen LogP contribution in [0.15, 0.2) is 78.9 Å². The lowest BCUT2D eigenvalue weighted by Crippen LogP contribution is -2.12. The number of anilines is 1. The Balaban J connectivity index is 1.81. The van der Waals surface area contributed by atoms with Crippen molar-refractivity contribution in [2.24, 2.45) is 0 Å². The number of carbonyl (C=O) groups excluding carboxylic acids is 1. The molecule has 144 valence electrons. The summed E-state index contributed by atoms with van der Waals surface area (Å²) in [6.45, 7) is 0. The molecule has 2 N–H and O–H groups in total. The van der Waals surface area contributed by atoms with E-state index in [1.165, 1.54) is 42.5 Å². The number of amides is 1. The van der Waals surface area contributed by atoms with E-state index in [2.05, 4.69) is 5.32 Å². The van der Waals surface area contributed by atoms with Crippen molar-refractivity contribution in [1.82, 2.24) is 0 Å². The molecular weight excluding hydrogens is 372 g/mol. The molecule has 7 nitrogen and oxygen atoms in total. The third-order valence-electron chi connectivity index (χ3n) is 4.15. The number of nitro groups is 1. The predicted octanol–water partition coefficient (Wildman–Crippen LogP) is 4.61. The highest BCUT2D eigenvalue weighted by Gasteiger charge is 2.13. The van der Waals surface area contributed by atoms with Crippen LogP contribution in [0.5, 0.6) is 0 Å². The van der Waals surface area contributed by atoms with Crippen LogP contribution in [0.4, 0.5) is 11.4 Å². The highest BCUT2D eigenvalue weighted by atomic mass is 16.6. The van der Waals surface area contributed by atoms with Gasteiger partial charge in [0, 0.05) is 18.2 Å². The summed E-state index contributed by atoms with van der Waals surface area (Å²) >= 11 is 0. The summed E-state index contributed by atoms with van der Waals surface area (Å²) in [4.78, 5) is 33.9. The molecule has 1 amide bonds. The van der Waals surface area contributed by atoms with Crippen LogP contribution in [0.2, 0.25) is 0 Å². The van der Waals surface area contributed by atoms with Gasteiger partial charge < -0.3 is 10.4 Å². The maximum Gasteiger partial charge on any atom is 0.337 e. The summed E-state index contributed by atoms with van der Waals surface area (Å²) in [5, 5.41) is 22.7. The van der Waals surface area contributed by atoms with Crippen LogP contribution in [0.25, 0.3) is 17.2 Å². The maximum atomic E-state index is 12.3. The van der Waals surface area contributed by atoms with Gasteiger partial charge in [0.15, 0.2) is 0 Å². The number of carbonyl (C=O) groups is 2. The molecule has 0 aliphatic heterocycles. The number of benzene rings is 3. The highest BCUT2D eigenvalue weighted by Crippen LogP contribution is 2.26. The number of non-ortho nitro benzene ring substituents is 1. The van der Waals surface area contributed by atoms with Crippen molar-refractivity contribution in [1.29, 1.82) is 0 Å². The van der Waals surface area contributed by atoms with Crippen LogP contribution in [-0.4, -0.2) is 21.9 Å². The molecule has 0 saturated carbocycles. The molecular formula is C22H16N2O5. The van der Waals surface area contributed by atoms with Gasteiger partial charge in [0.05, 0.1) is 16.2 Å². The van der Waals surface area contributed by atoms with Crippen molar-refractivity contribution in [2.75, 3.05) is 5.32 Å². The number of nitrogens with zero attached hydrogens (tertiary/aromatic N) is 1. The molecule has 0 radical (unpaired) electrons. The fourth-order valence-corrected chi connectivity index (χ4v) is 2.70. The largest absolute Gasteiger partial charge is 0.478 e. The summed E-state index contributed by atoms with van der Waals surface area (Å²) in [7, 11) is 0. The number of nitro benzene ring substituents is 1. The SMILES string of the molecule is O=C(C=Cc1ccc([N+](=O)[O-])cc1)Nc1cc(-c2ccccc2)ccc1C(=O)O. The van der Waals surface area contributed by atoms with Gasteiger partial charge in [-0.25, -0.2) is 4.79 Å². The molecule has 0 unspecified atom stereocenters. The highest BCUT2D eigenvalue weighted by molar-refractivity contribution is 6.06. The Kier molecular flexibility index (Phi) is 5.80. The summed E-state index contributed by atoms with van der Waals surface area (Å²) in [6.07, 6.45) is 2.72. The van der Waals surface area contributed by atoms with Gasteiger partial charge in [0.1, 0.15) is 0 Å². The van der Waals surface area contributed by atoms with Gasteiger partial charge in [0.2, 0.25) is 5.91 Å². The van der Waals surface area contributed by atoms with Gasteiger partial charge >= 0.3 is 5.97 Å². The van der Waals surface area contributed by atoms with E-state index >= 15 is 0 Å². The first-order valence-electron chi connectivity index (χ1n) is 8.60. The molecule has 3 rings (SSSR count). The number of carboxylic acids is 1. The van der Waals surface area contributed by atoms with Gasteiger partial charge in [-0.15, -0.1) is 0 Å². The van der Waals surface area contributed by atoms with Crippen LogP contribution >= 0.6 is 0 Å². The van der Waals surface area contributed by atoms with Gasteiger partial charge in [-0.2, -0.15) is 0 Å². The van der Waals surface area contributed by atoms with E-state index in [0.717, 1.165) is 11.1 Å². The predicted molar refractivity (Wildman–Crippen MR) is 110 cm³/mol. The Morgan fingerprint density at radius 3 is 2.24 bits per heavy atom. The average Bonchev–Trinajstić information content (AvgIpc) is 2.73. The minimum atomic E-state index is -1.15. The molecule has 7 heteroatoms. The molecule has 0 bridgehead atoms. The first-order chi connectivity index (χ1) is 13.9. The van der Waals surface area contributed by atoms with E-state index in [9.17, 15) is 24.8 Å². The van der Waals surface area contributed by atoms with Crippen LogP contribution < -0.4 is 5.32 Å². The molecule has 0 spiro atoms. The normalized spacial score (nSPS) is 10.6. The van der Waals surface area contributed by atoms with Crippen molar-refractivity contribution < 1.29 is 19.6 Å². The number of nitrogens with one attached hydrogen (secondary N) is 1. The van der Waals surface area contributed by atoms with Crippen LogP contribution in [0.1, 0.15) is 15.9 Å². The maximum absolute atomic E-state index is 12.3. The van der Waals surface area contributed by atoms with Gasteiger partial charge in [-0.3, -0.25) is 14.9 Å². The number of aromatic carboxylic acids is 1. The molecule has 0 heterocycles. The summed E-state index contributed by atoms with van der Waals surface area (Å²) < 4.78 is 0. The van der Waals surface area contributed by atoms with Crippen LogP contribution in [0.3, 0.4) is 0 Å². The molecule has 29 heavy (non-hydrogen) atoms. The van der Waals surface area contributed by atoms with E-state index in [4.69, 9.17) is 0 Å². The smallest absolute Gasteiger partial charge is 0.337 e. The Hall–Kier alpha value is -4.26. The minimum Gasteiger partial charge on any atom is -0.478 e. The Morgan fingerprint density at radius 1 is 0.931 bits per heavy atom. The monoisotopic (exact) mass is 388 g/mol. The molecule has 0 aliphatic rings. The van der Waals surface area contributed by atoms with Gasteiger partial charge in [-0.1, -0.05) is 36.4 Å². The zero-order chi connectivity index (χ0) is 20.8. The number of hydrogen-bond donors (Lipinski definition) is 2. The van der Waals surface area contributed by atoms with E-state index in [1.807, 2.05) is 30.3 Å². The number of rotatable bonds is 6. The number of carboxylic acid groups (broad SMARTS) is 1. The lowest BCUT2D eigenvalue weighted by molar-refractivity contribution is -0.384. The number of hydrogen-bond acceptors (Lipinski definition) is 4. The van der Waals surface area contributed by atoms with E-state index in [-0.39, 0.29) is 16.9 Å². The third kappa shape index (κ3) is 4.92. The second-order valence-electron chi connectivity index (χ2n) is 6.10. The standard InChI is InChI=1S/C22H16N2O5/c25-21(13-8-15-6-10-18(11-7-15)24(28)29)23-20-14-17(9-12-19(20)22(26)27)16-4-2-1-3-5-16/h1-14H,(H,23,25)(H,26,27). The second kappa shape index (κ2) is 8.62. The van der Waals surface area contributed by atoms with Gasteiger partial charge in [0.25, 0.3) is 5.69 Å². The van der Waals surface area contributed by atoms with Crippen LogP contribution in [-0.2, 0) is 4.79 Å². The molecule has 0 aliphatic carbocycles. The van der Waals surface area contributed by atoms with E-state index < -0.39 is 16.8 Å². The fourth-order valence-electron chi connectivity index (χ4n) is 2.70.